The van der Waals surface area contributed by atoms with Crippen LogP contribution < -0.4 is 0 Å². The molecule has 0 saturated heterocycles. The Hall–Kier alpha value is -2.47. The summed E-state index contributed by atoms with van der Waals surface area (Å²) in [6.07, 6.45) is 0.511. The van der Waals surface area contributed by atoms with Crippen molar-refractivity contribution in [3.8, 4) is 0 Å². The van der Waals surface area contributed by atoms with Gasteiger partial charge in [0, 0.05) is 35.2 Å². The third kappa shape index (κ3) is 2.34. The van der Waals surface area contributed by atoms with E-state index in [1.807, 2.05) is 18.2 Å². The largest absolute Gasteiger partial charge is 0.476 e. The van der Waals surface area contributed by atoms with Crippen LogP contribution in [0, 0.1) is 0 Å². The molecule has 6 heteroatoms. The van der Waals surface area contributed by atoms with E-state index in [4.69, 9.17) is 5.11 Å². The minimum Gasteiger partial charge on any atom is -0.476 e. The number of benzene rings is 1. The van der Waals surface area contributed by atoms with Gasteiger partial charge in [-0.3, -0.25) is 4.79 Å². The fourth-order valence-corrected chi connectivity index (χ4v) is 3.06. The lowest BCUT2D eigenvalue weighted by Gasteiger charge is -2.16. The summed E-state index contributed by atoms with van der Waals surface area (Å²) in [5.74, 6) is -1.10. The maximum Gasteiger partial charge on any atom is 0.355 e. The molecular weight excluding hydrogens is 288 g/mol. The number of amides is 1. The second kappa shape index (κ2) is 5.14. The molecule has 1 aliphatic rings. The van der Waals surface area contributed by atoms with Crippen LogP contribution in [0.4, 0.5) is 0 Å². The number of fused-ring (bicyclic) bond motifs is 1. The lowest BCUT2D eigenvalue weighted by Crippen LogP contribution is -2.25. The Balaban J connectivity index is 1.73. The highest BCUT2D eigenvalue weighted by atomic mass is 32.1. The number of aromatic nitrogens is 1. The molecule has 3 rings (SSSR count). The third-order valence-corrected chi connectivity index (χ3v) is 4.27. The van der Waals surface area contributed by atoms with Crippen molar-refractivity contribution in [1.29, 1.82) is 0 Å². The number of hydrogen-bond donors (Lipinski definition) is 1. The van der Waals surface area contributed by atoms with Gasteiger partial charge in [0.2, 0.25) is 0 Å². The molecule has 1 aromatic carbocycles. The van der Waals surface area contributed by atoms with Crippen LogP contribution in [-0.4, -0.2) is 33.4 Å². The molecule has 0 unspecified atom stereocenters. The van der Waals surface area contributed by atoms with Gasteiger partial charge in [-0.15, -0.1) is 11.3 Å². The molecule has 0 aliphatic carbocycles. The third-order valence-electron chi connectivity index (χ3n) is 3.36. The molecule has 5 nitrogen and oxygen atoms in total. The molecule has 21 heavy (non-hydrogen) atoms. The van der Waals surface area contributed by atoms with Crippen LogP contribution in [0.15, 0.2) is 36.2 Å². The van der Waals surface area contributed by atoms with Gasteiger partial charge in [-0.1, -0.05) is 24.8 Å². The van der Waals surface area contributed by atoms with Gasteiger partial charge in [-0.05, 0) is 6.07 Å². The summed E-state index contributed by atoms with van der Waals surface area (Å²) in [4.78, 5) is 28.7. The summed E-state index contributed by atoms with van der Waals surface area (Å²) in [7, 11) is 0. The highest BCUT2D eigenvalue weighted by Crippen LogP contribution is 2.31. The van der Waals surface area contributed by atoms with E-state index in [9.17, 15) is 9.59 Å². The number of carboxylic acids is 1. The van der Waals surface area contributed by atoms with E-state index in [1.165, 1.54) is 16.7 Å². The van der Waals surface area contributed by atoms with Crippen molar-refractivity contribution in [2.24, 2.45) is 0 Å². The second-order valence-electron chi connectivity index (χ2n) is 4.63. The number of rotatable bonds is 4. The maximum absolute atomic E-state index is 12.3. The van der Waals surface area contributed by atoms with E-state index in [0.29, 0.717) is 29.2 Å². The Morgan fingerprint density at radius 1 is 1.33 bits per heavy atom. The highest BCUT2D eigenvalue weighted by molar-refractivity contribution is 7.09. The Morgan fingerprint density at radius 2 is 2.05 bits per heavy atom. The molecule has 1 amide bonds. The smallest absolute Gasteiger partial charge is 0.355 e. The van der Waals surface area contributed by atoms with E-state index >= 15 is 0 Å². The van der Waals surface area contributed by atoms with Crippen molar-refractivity contribution in [2.75, 3.05) is 6.54 Å². The molecule has 0 atom stereocenters. The fraction of sp³-hybridized carbons (Fsp3) is 0.133. The molecule has 2 heterocycles. The number of hydrogen-bond acceptors (Lipinski definition) is 4. The number of aromatic carboxylic acids is 1. The van der Waals surface area contributed by atoms with Crippen LogP contribution in [0.3, 0.4) is 0 Å². The van der Waals surface area contributed by atoms with Gasteiger partial charge < -0.3 is 10.0 Å². The molecule has 2 aromatic rings. The minimum atomic E-state index is -1.04. The zero-order valence-electron chi connectivity index (χ0n) is 11.1. The average molecular weight is 300 g/mol. The quantitative estimate of drug-likeness (QED) is 0.942. The topological polar surface area (TPSA) is 70.5 Å². The fourth-order valence-electron chi connectivity index (χ4n) is 2.30. The first-order chi connectivity index (χ1) is 10.1. The molecule has 106 valence electrons. The van der Waals surface area contributed by atoms with Crippen LogP contribution in [-0.2, 0) is 6.42 Å². The van der Waals surface area contributed by atoms with Gasteiger partial charge >= 0.3 is 5.97 Å². The van der Waals surface area contributed by atoms with Gasteiger partial charge in [0.05, 0.1) is 5.01 Å². The van der Waals surface area contributed by atoms with Crippen molar-refractivity contribution in [3.05, 3.63) is 58.1 Å². The van der Waals surface area contributed by atoms with Crippen molar-refractivity contribution >= 4 is 28.9 Å². The number of carbonyl (C=O) groups excluding carboxylic acids is 1. The normalized spacial score (nSPS) is 13.6. The summed E-state index contributed by atoms with van der Waals surface area (Å²) in [5, 5.41) is 11.1. The number of nitrogens with zero attached hydrogens (tertiary/aromatic N) is 2. The summed E-state index contributed by atoms with van der Waals surface area (Å²) < 4.78 is 0. The Kier molecular flexibility index (Phi) is 3.31. The van der Waals surface area contributed by atoms with Crippen LogP contribution in [0.2, 0.25) is 0 Å². The monoisotopic (exact) mass is 300 g/mol. The van der Waals surface area contributed by atoms with E-state index < -0.39 is 5.97 Å². The molecule has 0 bridgehead atoms. The van der Waals surface area contributed by atoms with Crippen LogP contribution in [0.25, 0.3) is 5.70 Å². The maximum atomic E-state index is 12.3. The standard InChI is InChI=1S/C15H12N2O3S/c1-9-10-4-2-3-5-11(10)14(18)17(9)7-6-13-16-12(8-21-13)15(19)20/h2-5,8H,1,6-7H2,(H,19,20). The predicted molar refractivity (Wildman–Crippen MR) is 79.3 cm³/mol. The van der Waals surface area contributed by atoms with Gasteiger partial charge in [0.1, 0.15) is 0 Å². The van der Waals surface area contributed by atoms with E-state index in [-0.39, 0.29) is 11.6 Å². The summed E-state index contributed by atoms with van der Waals surface area (Å²) in [5.41, 5.74) is 2.25. The van der Waals surface area contributed by atoms with Gasteiger partial charge in [-0.2, -0.15) is 0 Å². The lowest BCUT2D eigenvalue weighted by atomic mass is 10.1. The van der Waals surface area contributed by atoms with Crippen molar-refractivity contribution < 1.29 is 14.7 Å². The van der Waals surface area contributed by atoms with Crippen LogP contribution in [0.1, 0.15) is 31.4 Å². The first-order valence-electron chi connectivity index (χ1n) is 6.36. The SMILES string of the molecule is C=C1c2ccccc2C(=O)N1CCc1nc(C(=O)O)cs1. The van der Waals surface area contributed by atoms with E-state index in [1.54, 1.807) is 11.0 Å². The Bertz CT molecular complexity index is 716. The molecular formula is C15H12N2O3S. The van der Waals surface area contributed by atoms with Crippen molar-refractivity contribution in [3.63, 3.8) is 0 Å². The predicted octanol–water partition coefficient (Wildman–Crippen LogP) is 2.51. The van der Waals surface area contributed by atoms with Crippen molar-refractivity contribution in [1.82, 2.24) is 9.88 Å². The second-order valence-corrected chi connectivity index (χ2v) is 5.57. The van der Waals surface area contributed by atoms with E-state index in [2.05, 4.69) is 11.6 Å². The van der Waals surface area contributed by atoms with Gasteiger partial charge in [-0.25, -0.2) is 9.78 Å². The van der Waals surface area contributed by atoms with Gasteiger partial charge in [0.15, 0.2) is 5.69 Å². The summed E-state index contributed by atoms with van der Waals surface area (Å²) in [6, 6.07) is 7.37. The number of carbonyl (C=O) groups is 2. The molecule has 1 aliphatic heterocycles. The molecule has 1 aromatic heterocycles. The lowest BCUT2D eigenvalue weighted by molar-refractivity contribution is 0.0690. The van der Waals surface area contributed by atoms with E-state index in [0.717, 1.165) is 5.56 Å². The number of carboxylic acid groups (broad SMARTS) is 1. The van der Waals surface area contributed by atoms with Crippen LogP contribution >= 0.6 is 11.3 Å². The molecule has 0 spiro atoms. The Morgan fingerprint density at radius 3 is 2.67 bits per heavy atom. The zero-order valence-corrected chi connectivity index (χ0v) is 11.9. The summed E-state index contributed by atoms with van der Waals surface area (Å²) >= 11 is 1.29. The highest BCUT2D eigenvalue weighted by Gasteiger charge is 2.30. The molecule has 0 radical (unpaired) electrons. The molecule has 0 fully saturated rings. The Labute approximate surface area is 125 Å². The minimum absolute atomic E-state index is 0.0462. The molecule has 0 saturated carbocycles. The van der Waals surface area contributed by atoms with Crippen LogP contribution in [0.5, 0.6) is 0 Å². The first kappa shape index (κ1) is 13.5. The number of thiazole rings is 1. The van der Waals surface area contributed by atoms with Gasteiger partial charge in [0.25, 0.3) is 5.91 Å². The first-order valence-corrected chi connectivity index (χ1v) is 7.24. The summed E-state index contributed by atoms with van der Waals surface area (Å²) in [6.45, 7) is 4.41. The molecule has 1 N–H and O–H groups in total. The zero-order chi connectivity index (χ0) is 15.0. The van der Waals surface area contributed by atoms with Crippen molar-refractivity contribution in [2.45, 2.75) is 6.42 Å². The average Bonchev–Trinajstić information content (AvgIpc) is 3.03.